The summed E-state index contributed by atoms with van der Waals surface area (Å²) in [5.41, 5.74) is 0.749. The minimum atomic E-state index is -3.39. The van der Waals surface area contributed by atoms with E-state index in [1.165, 1.54) is 6.07 Å². The van der Waals surface area contributed by atoms with E-state index in [9.17, 15) is 13.2 Å². The maximum absolute atomic E-state index is 12.3. The van der Waals surface area contributed by atoms with E-state index in [1.807, 2.05) is 26.0 Å². The Bertz CT molecular complexity index is 812. The molecule has 1 atom stereocenters. The van der Waals surface area contributed by atoms with Crippen molar-refractivity contribution in [3.05, 3.63) is 53.5 Å². The molecule has 0 aliphatic rings. The molecule has 7 heteroatoms. The molecular formula is C17H22N2O4S. The van der Waals surface area contributed by atoms with Crippen molar-refractivity contribution in [3.8, 4) is 0 Å². The fraction of sp³-hybridized carbons (Fsp3) is 0.353. The highest BCUT2D eigenvalue weighted by atomic mass is 32.2. The first-order valence-electron chi connectivity index (χ1n) is 7.78. The number of rotatable bonds is 7. The van der Waals surface area contributed by atoms with Crippen LogP contribution >= 0.6 is 0 Å². The van der Waals surface area contributed by atoms with E-state index in [2.05, 4.69) is 10.0 Å². The molecule has 6 nitrogen and oxygen atoms in total. The Kier molecular flexibility index (Phi) is 5.66. The molecule has 1 aromatic carbocycles. The molecule has 2 rings (SSSR count). The van der Waals surface area contributed by atoms with Crippen LogP contribution in [-0.2, 0) is 10.0 Å². The zero-order valence-corrected chi connectivity index (χ0v) is 14.8. The highest BCUT2D eigenvalue weighted by molar-refractivity contribution is 7.92. The lowest BCUT2D eigenvalue weighted by Crippen LogP contribution is -2.26. The lowest BCUT2D eigenvalue weighted by molar-refractivity contribution is 0.0935. The van der Waals surface area contributed by atoms with Crippen molar-refractivity contribution < 1.29 is 17.6 Å². The summed E-state index contributed by atoms with van der Waals surface area (Å²) in [5, 5.41) is 2.83. The summed E-state index contributed by atoms with van der Waals surface area (Å²) in [4.78, 5) is 12.3. The van der Waals surface area contributed by atoms with Crippen molar-refractivity contribution in [1.82, 2.24) is 5.32 Å². The molecule has 0 saturated heterocycles. The lowest BCUT2D eigenvalue weighted by Gasteiger charge is -2.13. The molecule has 0 bridgehead atoms. The zero-order chi connectivity index (χ0) is 17.7. The van der Waals surface area contributed by atoms with Gasteiger partial charge in [0.1, 0.15) is 11.5 Å². The van der Waals surface area contributed by atoms with Gasteiger partial charge in [-0.1, -0.05) is 13.0 Å². The summed E-state index contributed by atoms with van der Waals surface area (Å²) in [6.07, 6.45) is 0.523. The Balaban J connectivity index is 2.08. The molecule has 24 heavy (non-hydrogen) atoms. The van der Waals surface area contributed by atoms with Crippen LogP contribution in [0.1, 0.15) is 48.2 Å². The van der Waals surface area contributed by atoms with Crippen molar-refractivity contribution in [3.63, 3.8) is 0 Å². The summed E-state index contributed by atoms with van der Waals surface area (Å²) in [7, 11) is -3.39. The molecule has 2 N–H and O–H groups in total. The van der Waals surface area contributed by atoms with Gasteiger partial charge in [0.2, 0.25) is 10.0 Å². The molecular weight excluding hydrogens is 328 g/mol. The summed E-state index contributed by atoms with van der Waals surface area (Å²) < 4.78 is 31.6. The van der Waals surface area contributed by atoms with Gasteiger partial charge in [0.05, 0.1) is 11.8 Å². The monoisotopic (exact) mass is 350 g/mol. The molecule has 1 amide bonds. The van der Waals surface area contributed by atoms with Gasteiger partial charge in [-0.2, -0.15) is 0 Å². The summed E-state index contributed by atoms with van der Waals surface area (Å²) >= 11 is 0. The molecule has 1 unspecified atom stereocenters. The van der Waals surface area contributed by atoms with Crippen molar-refractivity contribution >= 4 is 21.6 Å². The van der Waals surface area contributed by atoms with E-state index >= 15 is 0 Å². The Labute approximate surface area is 142 Å². The quantitative estimate of drug-likeness (QED) is 0.802. The minimum absolute atomic E-state index is 0.0400. The van der Waals surface area contributed by atoms with Crippen LogP contribution in [0.4, 0.5) is 5.69 Å². The number of nitrogens with one attached hydrogen (secondary N) is 2. The number of anilines is 1. The van der Waals surface area contributed by atoms with Crippen LogP contribution in [0.25, 0.3) is 0 Å². The Morgan fingerprint density at radius 1 is 1.25 bits per heavy atom. The molecule has 0 spiro atoms. The van der Waals surface area contributed by atoms with Crippen LogP contribution < -0.4 is 10.0 Å². The van der Waals surface area contributed by atoms with Crippen LogP contribution in [0.15, 0.2) is 40.8 Å². The van der Waals surface area contributed by atoms with Gasteiger partial charge >= 0.3 is 0 Å². The maximum Gasteiger partial charge on any atom is 0.251 e. The van der Waals surface area contributed by atoms with E-state index in [0.717, 1.165) is 5.76 Å². The van der Waals surface area contributed by atoms with E-state index in [1.54, 1.807) is 25.1 Å². The Morgan fingerprint density at radius 2 is 2.00 bits per heavy atom. The predicted molar refractivity (Wildman–Crippen MR) is 93.5 cm³/mol. The standard InChI is InChI=1S/C17H22N2O4S/c1-4-10-24(21,22)19-15-7-5-6-14(11-15)17(20)18-13(3)16-9-8-12(2)23-16/h5-9,11,13,19H,4,10H2,1-3H3,(H,18,20). The number of furan rings is 1. The lowest BCUT2D eigenvalue weighted by atomic mass is 10.1. The number of amides is 1. The number of carbonyl (C=O) groups excluding carboxylic acids is 1. The van der Waals surface area contributed by atoms with Gasteiger partial charge in [-0.25, -0.2) is 8.42 Å². The van der Waals surface area contributed by atoms with Gasteiger partial charge in [-0.3, -0.25) is 9.52 Å². The average molecular weight is 350 g/mol. The third kappa shape index (κ3) is 4.86. The molecule has 1 aromatic heterocycles. The van der Waals surface area contributed by atoms with Gasteiger partial charge in [0.25, 0.3) is 5.91 Å². The molecule has 0 radical (unpaired) electrons. The number of carbonyl (C=O) groups is 1. The van der Waals surface area contributed by atoms with E-state index < -0.39 is 10.0 Å². The van der Waals surface area contributed by atoms with E-state index in [4.69, 9.17) is 4.42 Å². The molecule has 0 fully saturated rings. The number of aryl methyl sites for hydroxylation is 1. The average Bonchev–Trinajstić information content (AvgIpc) is 2.93. The second kappa shape index (κ2) is 7.53. The number of hydrogen-bond donors (Lipinski definition) is 2. The molecule has 0 aliphatic heterocycles. The van der Waals surface area contributed by atoms with Crippen molar-refractivity contribution in [1.29, 1.82) is 0 Å². The van der Waals surface area contributed by atoms with E-state index in [0.29, 0.717) is 23.4 Å². The van der Waals surface area contributed by atoms with Crippen LogP contribution in [-0.4, -0.2) is 20.1 Å². The summed E-state index contributed by atoms with van der Waals surface area (Å²) in [5.74, 6) is 1.19. The molecule has 130 valence electrons. The number of sulfonamides is 1. The van der Waals surface area contributed by atoms with Crippen LogP contribution in [0.3, 0.4) is 0 Å². The van der Waals surface area contributed by atoms with Gasteiger partial charge in [0, 0.05) is 11.3 Å². The predicted octanol–water partition coefficient (Wildman–Crippen LogP) is 3.23. The summed E-state index contributed by atoms with van der Waals surface area (Å²) in [6, 6.07) is 9.77. The molecule has 0 saturated carbocycles. The second-order valence-corrected chi connectivity index (χ2v) is 7.49. The fourth-order valence-corrected chi connectivity index (χ4v) is 3.39. The zero-order valence-electron chi connectivity index (χ0n) is 14.0. The molecule has 0 aliphatic carbocycles. The molecule has 1 heterocycles. The van der Waals surface area contributed by atoms with Crippen molar-refractivity contribution in [2.45, 2.75) is 33.2 Å². The second-order valence-electron chi connectivity index (χ2n) is 5.65. The maximum atomic E-state index is 12.3. The number of benzene rings is 1. The third-order valence-corrected chi connectivity index (χ3v) is 4.90. The highest BCUT2D eigenvalue weighted by Gasteiger charge is 2.15. The van der Waals surface area contributed by atoms with Gasteiger partial charge in [-0.15, -0.1) is 0 Å². The normalized spacial score (nSPS) is 12.6. The fourth-order valence-electron chi connectivity index (χ4n) is 2.26. The van der Waals surface area contributed by atoms with Crippen molar-refractivity contribution in [2.75, 3.05) is 10.5 Å². The largest absolute Gasteiger partial charge is 0.464 e. The first-order valence-corrected chi connectivity index (χ1v) is 9.43. The Hall–Kier alpha value is -2.28. The Morgan fingerprint density at radius 3 is 2.62 bits per heavy atom. The molecule has 2 aromatic rings. The van der Waals surface area contributed by atoms with Crippen LogP contribution in [0.2, 0.25) is 0 Å². The topological polar surface area (TPSA) is 88.4 Å². The van der Waals surface area contributed by atoms with Gasteiger partial charge < -0.3 is 9.73 Å². The minimum Gasteiger partial charge on any atom is -0.464 e. The van der Waals surface area contributed by atoms with Gasteiger partial charge in [0.15, 0.2) is 0 Å². The SMILES string of the molecule is CCCS(=O)(=O)Nc1cccc(C(=O)NC(C)c2ccc(C)o2)c1. The third-order valence-electron chi connectivity index (χ3n) is 3.41. The van der Waals surface area contributed by atoms with Crippen LogP contribution in [0.5, 0.6) is 0 Å². The van der Waals surface area contributed by atoms with E-state index in [-0.39, 0.29) is 17.7 Å². The number of hydrogen-bond acceptors (Lipinski definition) is 4. The van der Waals surface area contributed by atoms with Crippen molar-refractivity contribution in [2.24, 2.45) is 0 Å². The first kappa shape index (κ1) is 18.1. The smallest absolute Gasteiger partial charge is 0.251 e. The van der Waals surface area contributed by atoms with Gasteiger partial charge in [-0.05, 0) is 50.6 Å². The summed E-state index contributed by atoms with van der Waals surface area (Å²) in [6.45, 7) is 5.45. The highest BCUT2D eigenvalue weighted by Crippen LogP contribution is 2.17. The first-order chi connectivity index (χ1) is 11.3. The van der Waals surface area contributed by atoms with Crippen LogP contribution in [0, 0.1) is 6.92 Å².